The molecule has 1 aromatic carbocycles. The van der Waals surface area contributed by atoms with Crippen molar-refractivity contribution < 1.29 is 9.13 Å². The largest absolute Gasteiger partial charge is 0.494 e. The Morgan fingerprint density at radius 3 is 2.61 bits per heavy atom. The first-order valence-electron chi connectivity index (χ1n) is 6.83. The molecule has 0 heterocycles. The van der Waals surface area contributed by atoms with Crippen molar-refractivity contribution in [2.75, 3.05) is 12.4 Å². The summed E-state index contributed by atoms with van der Waals surface area (Å²) in [5, 5.41) is 3.48. The SMILES string of the molecule is CCC1CCC(Nc2ccc(F)cc2OC)CC1. The van der Waals surface area contributed by atoms with E-state index in [1.165, 1.54) is 44.2 Å². The second-order valence-corrected chi connectivity index (χ2v) is 5.11. The van der Waals surface area contributed by atoms with Crippen molar-refractivity contribution in [1.82, 2.24) is 0 Å². The molecule has 100 valence electrons. The molecule has 1 N–H and O–H groups in total. The number of nitrogens with one attached hydrogen (secondary N) is 1. The Morgan fingerprint density at radius 2 is 2.00 bits per heavy atom. The van der Waals surface area contributed by atoms with Crippen LogP contribution in [0.4, 0.5) is 10.1 Å². The number of halogens is 1. The number of hydrogen-bond donors (Lipinski definition) is 1. The van der Waals surface area contributed by atoms with E-state index in [2.05, 4.69) is 12.2 Å². The van der Waals surface area contributed by atoms with Gasteiger partial charge < -0.3 is 10.1 Å². The molecular weight excluding hydrogens is 229 g/mol. The lowest BCUT2D eigenvalue weighted by Gasteiger charge is -2.29. The summed E-state index contributed by atoms with van der Waals surface area (Å²) in [4.78, 5) is 0. The number of benzene rings is 1. The van der Waals surface area contributed by atoms with Crippen molar-refractivity contribution in [3.63, 3.8) is 0 Å². The first kappa shape index (κ1) is 13.2. The highest BCUT2D eigenvalue weighted by Gasteiger charge is 2.20. The summed E-state index contributed by atoms with van der Waals surface area (Å²) in [6, 6.07) is 5.16. The lowest BCUT2D eigenvalue weighted by molar-refractivity contribution is 0.329. The van der Waals surface area contributed by atoms with Crippen LogP contribution in [-0.4, -0.2) is 13.2 Å². The monoisotopic (exact) mass is 251 g/mol. The van der Waals surface area contributed by atoms with E-state index in [0.29, 0.717) is 11.8 Å². The van der Waals surface area contributed by atoms with Crippen LogP contribution in [0.5, 0.6) is 5.75 Å². The second-order valence-electron chi connectivity index (χ2n) is 5.11. The summed E-state index contributed by atoms with van der Waals surface area (Å²) < 4.78 is 18.3. The predicted octanol–water partition coefficient (Wildman–Crippen LogP) is 4.22. The molecular formula is C15H22FNO. The van der Waals surface area contributed by atoms with Crippen molar-refractivity contribution in [3.8, 4) is 5.75 Å². The molecule has 0 atom stereocenters. The van der Waals surface area contributed by atoms with Gasteiger partial charge in [-0.1, -0.05) is 13.3 Å². The molecule has 0 radical (unpaired) electrons. The van der Waals surface area contributed by atoms with Crippen molar-refractivity contribution >= 4 is 5.69 Å². The maximum atomic E-state index is 13.1. The predicted molar refractivity (Wildman–Crippen MR) is 72.6 cm³/mol. The molecule has 0 saturated heterocycles. The van der Waals surface area contributed by atoms with Gasteiger partial charge >= 0.3 is 0 Å². The van der Waals surface area contributed by atoms with Crippen LogP contribution in [0, 0.1) is 11.7 Å². The minimum Gasteiger partial charge on any atom is -0.494 e. The Balaban J connectivity index is 1.97. The van der Waals surface area contributed by atoms with E-state index in [1.807, 2.05) is 0 Å². The standard InChI is InChI=1S/C15H22FNO/c1-3-11-4-7-13(8-5-11)17-14-9-6-12(16)10-15(14)18-2/h6,9-11,13,17H,3-5,7-8H2,1-2H3. The Labute approximate surface area is 109 Å². The van der Waals surface area contributed by atoms with Gasteiger partial charge in [-0.3, -0.25) is 0 Å². The Bertz CT molecular complexity index is 386. The van der Waals surface area contributed by atoms with E-state index in [9.17, 15) is 4.39 Å². The maximum absolute atomic E-state index is 13.1. The fraction of sp³-hybridized carbons (Fsp3) is 0.600. The van der Waals surface area contributed by atoms with Gasteiger partial charge in [-0.05, 0) is 43.7 Å². The maximum Gasteiger partial charge on any atom is 0.144 e. The molecule has 1 aliphatic rings. The van der Waals surface area contributed by atoms with Crippen LogP contribution in [0.25, 0.3) is 0 Å². The van der Waals surface area contributed by atoms with Crippen LogP contribution in [0.3, 0.4) is 0 Å². The molecule has 0 bridgehead atoms. The Kier molecular flexibility index (Phi) is 4.45. The van der Waals surface area contributed by atoms with Gasteiger partial charge in [0.05, 0.1) is 12.8 Å². The lowest BCUT2D eigenvalue weighted by Crippen LogP contribution is -2.26. The molecule has 1 aromatic rings. The molecule has 2 rings (SSSR count). The van der Waals surface area contributed by atoms with E-state index < -0.39 is 0 Å². The molecule has 0 unspecified atom stereocenters. The molecule has 0 aromatic heterocycles. The third-order valence-electron chi connectivity index (χ3n) is 3.95. The molecule has 2 nitrogen and oxygen atoms in total. The van der Waals surface area contributed by atoms with Crippen molar-refractivity contribution in [3.05, 3.63) is 24.0 Å². The zero-order valence-corrected chi connectivity index (χ0v) is 11.2. The average molecular weight is 251 g/mol. The van der Waals surface area contributed by atoms with Gasteiger partial charge in [0.1, 0.15) is 11.6 Å². The number of methoxy groups -OCH3 is 1. The van der Waals surface area contributed by atoms with E-state index >= 15 is 0 Å². The number of anilines is 1. The Morgan fingerprint density at radius 1 is 1.28 bits per heavy atom. The van der Waals surface area contributed by atoms with Gasteiger partial charge in [0, 0.05) is 12.1 Å². The first-order valence-corrected chi connectivity index (χ1v) is 6.83. The van der Waals surface area contributed by atoms with Gasteiger partial charge in [0.25, 0.3) is 0 Å². The fourth-order valence-electron chi connectivity index (χ4n) is 2.72. The molecule has 0 aliphatic heterocycles. The molecule has 3 heteroatoms. The van der Waals surface area contributed by atoms with Gasteiger partial charge in [0.15, 0.2) is 0 Å². The van der Waals surface area contributed by atoms with Crippen LogP contribution in [0.15, 0.2) is 18.2 Å². The van der Waals surface area contributed by atoms with Gasteiger partial charge in [-0.15, -0.1) is 0 Å². The third-order valence-corrected chi connectivity index (χ3v) is 3.95. The number of hydrogen-bond acceptors (Lipinski definition) is 2. The third kappa shape index (κ3) is 3.15. The van der Waals surface area contributed by atoms with E-state index in [1.54, 1.807) is 13.2 Å². The molecule has 0 amide bonds. The van der Waals surface area contributed by atoms with Crippen molar-refractivity contribution in [1.29, 1.82) is 0 Å². The minimum atomic E-state index is -0.257. The summed E-state index contributed by atoms with van der Waals surface area (Å²) in [6.45, 7) is 2.27. The zero-order chi connectivity index (χ0) is 13.0. The quantitative estimate of drug-likeness (QED) is 0.865. The second kappa shape index (κ2) is 6.07. The van der Waals surface area contributed by atoms with Gasteiger partial charge in [-0.2, -0.15) is 0 Å². The minimum absolute atomic E-state index is 0.257. The number of rotatable bonds is 4. The average Bonchev–Trinajstić information content (AvgIpc) is 2.41. The fourth-order valence-corrected chi connectivity index (χ4v) is 2.72. The highest BCUT2D eigenvalue weighted by Crippen LogP contribution is 2.31. The van der Waals surface area contributed by atoms with Crippen molar-refractivity contribution in [2.24, 2.45) is 5.92 Å². The highest BCUT2D eigenvalue weighted by atomic mass is 19.1. The van der Waals surface area contributed by atoms with Crippen LogP contribution >= 0.6 is 0 Å². The summed E-state index contributed by atoms with van der Waals surface area (Å²) in [6.07, 6.45) is 6.25. The van der Waals surface area contributed by atoms with Crippen LogP contribution < -0.4 is 10.1 Å². The van der Waals surface area contributed by atoms with Crippen molar-refractivity contribution in [2.45, 2.75) is 45.1 Å². The van der Waals surface area contributed by atoms with Crippen LogP contribution in [0.2, 0.25) is 0 Å². The first-order chi connectivity index (χ1) is 8.72. The van der Waals surface area contributed by atoms with E-state index in [-0.39, 0.29) is 5.82 Å². The zero-order valence-electron chi connectivity index (χ0n) is 11.2. The highest BCUT2D eigenvalue weighted by molar-refractivity contribution is 5.57. The van der Waals surface area contributed by atoms with Crippen LogP contribution in [-0.2, 0) is 0 Å². The summed E-state index contributed by atoms with van der Waals surface area (Å²) in [5.74, 6) is 1.22. The number of ether oxygens (including phenoxy) is 1. The van der Waals surface area contributed by atoms with Gasteiger partial charge in [0.2, 0.25) is 0 Å². The topological polar surface area (TPSA) is 21.3 Å². The van der Waals surface area contributed by atoms with Crippen LogP contribution in [0.1, 0.15) is 39.0 Å². The summed E-state index contributed by atoms with van der Waals surface area (Å²) in [5.41, 5.74) is 0.902. The molecule has 1 aliphatic carbocycles. The summed E-state index contributed by atoms with van der Waals surface area (Å²) in [7, 11) is 1.58. The molecule has 0 spiro atoms. The summed E-state index contributed by atoms with van der Waals surface area (Å²) >= 11 is 0. The molecule has 1 saturated carbocycles. The normalized spacial score (nSPS) is 23.7. The van der Waals surface area contributed by atoms with Gasteiger partial charge in [-0.25, -0.2) is 4.39 Å². The molecule has 18 heavy (non-hydrogen) atoms. The molecule has 1 fully saturated rings. The Hall–Kier alpha value is -1.25. The van der Waals surface area contributed by atoms with E-state index in [4.69, 9.17) is 4.74 Å². The smallest absolute Gasteiger partial charge is 0.144 e. The lowest BCUT2D eigenvalue weighted by atomic mass is 9.84. The van der Waals surface area contributed by atoms with E-state index in [0.717, 1.165) is 11.6 Å².